The van der Waals surface area contributed by atoms with Crippen LogP contribution in [0.25, 0.3) is 0 Å². The van der Waals surface area contributed by atoms with E-state index in [9.17, 15) is 19.8 Å². The molecule has 0 aromatic carbocycles. The van der Waals surface area contributed by atoms with Gasteiger partial charge in [-0.15, -0.1) is 0 Å². The Morgan fingerprint density at radius 1 is 0.500 bits per heavy atom. The van der Waals surface area contributed by atoms with Gasteiger partial charge in [0.2, 0.25) is 5.91 Å². The zero-order valence-electron chi connectivity index (χ0n) is 38.9. The van der Waals surface area contributed by atoms with Gasteiger partial charge in [-0.25, -0.2) is 0 Å². The first kappa shape index (κ1) is 56.3. The number of hydrogen-bond donors (Lipinski definition) is 3. The van der Waals surface area contributed by atoms with Crippen LogP contribution in [0.3, 0.4) is 0 Å². The highest BCUT2D eigenvalue weighted by Gasteiger charge is 2.24. The third-order valence-corrected chi connectivity index (χ3v) is 11.8. The number of unbranched alkanes of at least 4 members (excludes halogenated alkanes) is 30. The van der Waals surface area contributed by atoms with Gasteiger partial charge < -0.3 is 20.3 Å². The van der Waals surface area contributed by atoms with Crippen LogP contribution in [0.4, 0.5) is 0 Å². The van der Waals surface area contributed by atoms with Crippen LogP contribution in [0, 0.1) is 0 Å². The molecule has 0 spiro atoms. The molecule has 0 heterocycles. The largest absolute Gasteiger partial charge is 0.462 e. The number of aliphatic hydroxyl groups excluding tert-OH is 2. The molecule has 3 atom stereocenters. The quantitative estimate of drug-likeness (QED) is 0.0323. The number of allylic oxidation sites excluding steroid dienone is 4. The molecule has 0 saturated heterocycles. The van der Waals surface area contributed by atoms with Crippen LogP contribution in [0.2, 0.25) is 0 Å². The van der Waals surface area contributed by atoms with Crippen molar-refractivity contribution in [2.45, 2.75) is 289 Å². The summed E-state index contributed by atoms with van der Waals surface area (Å²) in [6.07, 6.45) is 52.5. The average molecular weight is 818 g/mol. The Morgan fingerprint density at radius 3 is 1.31 bits per heavy atom. The van der Waals surface area contributed by atoms with Gasteiger partial charge in [-0.05, 0) is 44.9 Å². The minimum absolute atomic E-state index is 0.0599. The summed E-state index contributed by atoms with van der Waals surface area (Å²) in [6, 6.07) is -0.706. The molecule has 0 radical (unpaired) electrons. The molecule has 0 aliphatic rings. The summed E-state index contributed by atoms with van der Waals surface area (Å²) >= 11 is 0. The van der Waals surface area contributed by atoms with Gasteiger partial charge in [-0.2, -0.15) is 0 Å². The normalized spacial score (nSPS) is 13.4. The topological polar surface area (TPSA) is 95.9 Å². The number of hydrogen-bond acceptors (Lipinski definition) is 5. The van der Waals surface area contributed by atoms with Gasteiger partial charge in [-0.3, -0.25) is 9.59 Å². The molecule has 0 aliphatic heterocycles. The van der Waals surface area contributed by atoms with E-state index in [0.29, 0.717) is 25.7 Å². The lowest BCUT2D eigenvalue weighted by atomic mass is 10.0. The van der Waals surface area contributed by atoms with E-state index < -0.39 is 18.2 Å². The molecule has 0 bridgehead atoms. The fourth-order valence-corrected chi connectivity index (χ4v) is 7.90. The number of aliphatic hydroxyl groups is 2. The van der Waals surface area contributed by atoms with Crippen molar-refractivity contribution >= 4 is 11.9 Å². The molecule has 0 aromatic heterocycles. The second-order valence-electron chi connectivity index (χ2n) is 17.6. The predicted molar refractivity (Wildman–Crippen MR) is 250 cm³/mol. The van der Waals surface area contributed by atoms with Crippen LogP contribution >= 0.6 is 0 Å². The first-order valence-electron chi connectivity index (χ1n) is 25.6. The zero-order chi connectivity index (χ0) is 42.4. The number of esters is 1. The number of rotatable bonds is 46. The monoisotopic (exact) mass is 818 g/mol. The second-order valence-corrected chi connectivity index (χ2v) is 17.6. The zero-order valence-corrected chi connectivity index (χ0v) is 38.9. The van der Waals surface area contributed by atoms with E-state index >= 15 is 0 Å². The third-order valence-electron chi connectivity index (χ3n) is 11.8. The lowest BCUT2D eigenvalue weighted by Gasteiger charge is -2.24. The van der Waals surface area contributed by atoms with Crippen LogP contribution in [0.5, 0.6) is 0 Å². The summed E-state index contributed by atoms with van der Waals surface area (Å²) in [5.74, 6) is -0.545. The Labute approximate surface area is 361 Å². The molecule has 3 unspecified atom stereocenters. The van der Waals surface area contributed by atoms with Crippen LogP contribution < -0.4 is 5.32 Å². The molecular weight excluding hydrogens is 719 g/mol. The second kappa shape index (κ2) is 46.4. The summed E-state index contributed by atoms with van der Waals surface area (Å²) in [7, 11) is 0. The van der Waals surface area contributed by atoms with Gasteiger partial charge in [0.1, 0.15) is 6.10 Å². The summed E-state index contributed by atoms with van der Waals surface area (Å²) in [6.45, 7) is 6.46. The van der Waals surface area contributed by atoms with Gasteiger partial charge in [0, 0.05) is 6.42 Å². The van der Waals surface area contributed by atoms with E-state index in [1.807, 2.05) is 6.08 Å². The van der Waals surface area contributed by atoms with E-state index in [1.165, 1.54) is 173 Å². The maximum atomic E-state index is 13.1. The Morgan fingerprint density at radius 2 is 0.879 bits per heavy atom. The van der Waals surface area contributed by atoms with Gasteiger partial charge in [0.25, 0.3) is 0 Å². The number of amides is 1. The average Bonchev–Trinajstić information content (AvgIpc) is 3.22. The summed E-state index contributed by atoms with van der Waals surface area (Å²) in [4.78, 5) is 26.0. The summed E-state index contributed by atoms with van der Waals surface area (Å²) in [5.41, 5.74) is 0. The summed E-state index contributed by atoms with van der Waals surface area (Å²) in [5, 5.41) is 23.7. The maximum absolute atomic E-state index is 13.1. The van der Waals surface area contributed by atoms with E-state index in [0.717, 1.165) is 44.9 Å². The molecule has 0 rings (SSSR count). The van der Waals surface area contributed by atoms with E-state index in [1.54, 1.807) is 0 Å². The van der Waals surface area contributed by atoms with Crippen LogP contribution in [-0.2, 0) is 14.3 Å². The number of ether oxygens (including phenoxy) is 1. The van der Waals surface area contributed by atoms with Crippen molar-refractivity contribution in [2.24, 2.45) is 0 Å². The van der Waals surface area contributed by atoms with Crippen molar-refractivity contribution in [2.75, 3.05) is 6.61 Å². The third kappa shape index (κ3) is 41.1. The number of carbonyl (C=O) groups is 2. The maximum Gasteiger partial charge on any atom is 0.306 e. The van der Waals surface area contributed by atoms with Crippen LogP contribution in [-0.4, -0.2) is 46.9 Å². The standard InChI is InChI=1S/C52H99NO5/c1-4-7-10-13-16-19-21-23-24-25-26-28-29-32-35-38-41-44-50(55)49(47-54)53-51(56)46-48(43-40-37-34-31-18-15-12-9-6-3)58-52(57)45-42-39-36-33-30-27-22-20-17-14-11-8-5-2/h27,30,36,39,48-50,54-55H,4-26,28-29,31-35,37-38,40-47H2,1-3H3,(H,53,56)/b30-27-,39-36+. The van der Waals surface area contributed by atoms with Crippen molar-refractivity contribution in [3.63, 3.8) is 0 Å². The van der Waals surface area contributed by atoms with Gasteiger partial charge in [0.05, 0.1) is 25.2 Å². The fourth-order valence-electron chi connectivity index (χ4n) is 7.90. The molecule has 0 fully saturated rings. The minimum atomic E-state index is -0.791. The van der Waals surface area contributed by atoms with Crippen molar-refractivity contribution in [1.29, 1.82) is 0 Å². The molecule has 6 nitrogen and oxygen atoms in total. The van der Waals surface area contributed by atoms with Crippen molar-refractivity contribution in [1.82, 2.24) is 5.32 Å². The lowest BCUT2D eigenvalue weighted by molar-refractivity contribution is -0.150. The predicted octanol–water partition coefficient (Wildman–Crippen LogP) is 15.1. The molecular formula is C52H99NO5. The van der Waals surface area contributed by atoms with Gasteiger partial charge in [0.15, 0.2) is 0 Å². The Kier molecular flexibility index (Phi) is 45.1. The van der Waals surface area contributed by atoms with Crippen LogP contribution in [0.15, 0.2) is 24.3 Å². The first-order chi connectivity index (χ1) is 28.5. The lowest BCUT2D eigenvalue weighted by Crippen LogP contribution is -2.46. The smallest absolute Gasteiger partial charge is 0.306 e. The van der Waals surface area contributed by atoms with Crippen LogP contribution in [0.1, 0.15) is 271 Å². The molecule has 0 saturated carbocycles. The SMILES string of the molecule is CCCCCCCC/C=C\C/C=C/CCC(=O)OC(CCCCCCCCCCC)CC(=O)NC(CO)C(O)CCCCCCCCCCCCCCCCCCC. The van der Waals surface area contributed by atoms with Gasteiger partial charge in [-0.1, -0.05) is 238 Å². The minimum Gasteiger partial charge on any atom is -0.462 e. The first-order valence-corrected chi connectivity index (χ1v) is 25.6. The van der Waals surface area contributed by atoms with Crippen molar-refractivity contribution in [3.05, 3.63) is 24.3 Å². The summed E-state index contributed by atoms with van der Waals surface area (Å²) < 4.78 is 5.87. The van der Waals surface area contributed by atoms with E-state index in [4.69, 9.17) is 4.74 Å². The molecule has 0 aromatic rings. The number of nitrogens with one attached hydrogen (secondary N) is 1. The van der Waals surface area contributed by atoms with E-state index in [-0.39, 0.29) is 24.9 Å². The molecule has 0 aliphatic carbocycles. The fraction of sp³-hybridized carbons (Fsp3) is 0.885. The molecule has 1 amide bonds. The molecule has 3 N–H and O–H groups in total. The highest BCUT2D eigenvalue weighted by molar-refractivity contribution is 5.77. The Bertz CT molecular complexity index is 919. The van der Waals surface area contributed by atoms with Crippen molar-refractivity contribution < 1.29 is 24.5 Å². The highest BCUT2D eigenvalue weighted by Crippen LogP contribution is 2.18. The number of carbonyl (C=O) groups excluding carboxylic acids is 2. The molecule has 6 heteroatoms. The molecule has 58 heavy (non-hydrogen) atoms. The van der Waals surface area contributed by atoms with E-state index in [2.05, 4.69) is 44.3 Å². The van der Waals surface area contributed by atoms with Crippen molar-refractivity contribution in [3.8, 4) is 0 Å². The molecule has 342 valence electrons. The highest BCUT2D eigenvalue weighted by atomic mass is 16.5. The Hall–Kier alpha value is -1.66. The van der Waals surface area contributed by atoms with Gasteiger partial charge >= 0.3 is 5.97 Å². The Balaban J connectivity index is 4.46.